The van der Waals surface area contributed by atoms with Crippen LogP contribution in [0.4, 0.5) is 16.2 Å². The van der Waals surface area contributed by atoms with E-state index >= 15 is 0 Å². The molecule has 0 unspecified atom stereocenters. The van der Waals surface area contributed by atoms with Gasteiger partial charge in [-0.15, -0.1) is 0 Å². The second kappa shape index (κ2) is 8.95. The first-order valence-corrected chi connectivity index (χ1v) is 9.89. The average molecular weight is 424 g/mol. The summed E-state index contributed by atoms with van der Waals surface area (Å²) in [7, 11) is 4.56. The highest BCUT2D eigenvalue weighted by Gasteiger charge is 2.28. The molecule has 4 rings (SSSR count). The molecule has 2 N–H and O–H groups in total. The first-order valence-electron chi connectivity index (χ1n) is 9.89. The van der Waals surface area contributed by atoms with Crippen LogP contribution in [0.1, 0.15) is 36.0 Å². The van der Waals surface area contributed by atoms with Crippen molar-refractivity contribution in [1.82, 2.24) is 10.1 Å². The standard InChI is InChI=1S/C22H24N4O5/c1-28-17-11-15(12-18(29-2)20(17)30-3)23-22(27)24-16-7-5-4-6-14(16)10-19-25-21(26-31-19)13-8-9-13/h4-7,11-13H,8-10H2,1-3H3,(H2,23,24,27). The number of rotatable bonds is 8. The average Bonchev–Trinajstić information content (AvgIpc) is 3.53. The number of carbonyl (C=O) groups excluding carboxylic acids is 1. The van der Waals surface area contributed by atoms with Crippen molar-refractivity contribution in [2.24, 2.45) is 0 Å². The highest BCUT2D eigenvalue weighted by molar-refractivity contribution is 6.00. The summed E-state index contributed by atoms with van der Waals surface area (Å²) in [5.41, 5.74) is 2.02. The van der Waals surface area contributed by atoms with Gasteiger partial charge in [0.2, 0.25) is 11.6 Å². The third kappa shape index (κ3) is 4.71. The van der Waals surface area contributed by atoms with Gasteiger partial charge in [0.05, 0.1) is 33.4 Å². The highest BCUT2D eigenvalue weighted by atomic mass is 16.5. The fraction of sp³-hybridized carbons (Fsp3) is 0.318. The first-order chi connectivity index (χ1) is 15.1. The zero-order chi connectivity index (χ0) is 21.8. The molecular formula is C22H24N4O5. The Balaban J connectivity index is 1.47. The van der Waals surface area contributed by atoms with Crippen molar-refractivity contribution in [3.8, 4) is 17.2 Å². The van der Waals surface area contributed by atoms with Gasteiger partial charge in [0.25, 0.3) is 0 Å². The number of carbonyl (C=O) groups is 1. The van der Waals surface area contributed by atoms with Crippen molar-refractivity contribution < 1.29 is 23.5 Å². The molecule has 0 spiro atoms. The molecule has 2 amide bonds. The van der Waals surface area contributed by atoms with E-state index in [1.165, 1.54) is 21.3 Å². The monoisotopic (exact) mass is 424 g/mol. The second-order valence-electron chi connectivity index (χ2n) is 7.15. The molecule has 1 saturated carbocycles. The van der Waals surface area contributed by atoms with Gasteiger partial charge in [0.1, 0.15) is 0 Å². The van der Waals surface area contributed by atoms with Crippen LogP contribution in [0.3, 0.4) is 0 Å². The van der Waals surface area contributed by atoms with Crippen LogP contribution in [0, 0.1) is 0 Å². The largest absolute Gasteiger partial charge is 0.493 e. The summed E-state index contributed by atoms with van der Waals surface area (Å²) in [6.45, 7) is 0. The van der Waals surface area contributed by atoms with Crippen molar-refractivity contribution in [1.29, 1.82) is 0 Å². The lowest BCUT2D eigenvalue weighted by atomic mass is 10.1. The van der Waals surface area contributed by atoms with Crippen LogP contribution in [0.5, 0.6) is 17.2 Å². The maximum absolute atomic E-state index is 12.7. The van der Waals surface area contributed by atoms with Gasteiger partial charge in [-0.3, -0.25) is 0 Å². The van der Waals surface area contributed by atoms with Crippen LogP contribution < -0.4 is 24.8 Å². The molecule has 0 bridgehead atoms. The molecule has 2 aromatic carbocycles. The molecule has 3 aromatic rings. The molecule has 9 heteroatoms. The number of para-hydroxylation sites is 1. The molecule has 0 radical (unpaired) electrons. The fourth-order valence-corrected chi connectivity index (χ4v) is 3.24. The van der Waals surface area contributed by atoms with E-state index in [2.05, 4.69) is 20.8 Å². The smallest absolute Gasteiger partial charge is 0.323 e. The molecule has 1 fully saturated rings. The number of methoxy groups -OCH3 is 3. The van der Waals surface area contributed by atoms with Crippen LogP contribution in [-0.2, 0) is 6.42 Å². The van der Waals surface area contributed by atoms with E-state index in [0.717, 1.165) is 24.2 Å². The fourth-order valence-electron chi connectivity index (χ4n) is 3.24. The minimum absolute atomic E-state index is 0.411. The number of hydrogen-bond donors (Lipinski definition) is 2. The summed E-state index contributed by atoms with van der Waals surface area (Å²) < 4.78 is 21.3. The maximum Gasteiger partial charge on any atom is 0.323 e. The Morgan fingerprint density at radius 1 is 1.06 bits per heavy atom. The van der Waals surface area contributed by atoms with Gasteiger partial charge < -0.3 is 29.4 Å². The predicted octanol–water partition coefficient (Wildman–Crippen LogP) is 4.21. The Kier molecular flexibility index (Phi) is 5.92. The number of nitrogens with one attached hydrogen (secondary N) is 2. The van der Waals surface area contributed by atoms with Crippen LogP contribution in [0.15, 0.2) is 40.9 Å². The van der Waals surface area contributed by atoms with E-state index in [1.54, 1.807) is 12.1 Å². The molecule has 1 heterocycles. The van der Waals surface area contributed by atoms with Crippen LogP contribution in [-0.4, -0.2) is 37.5 Å². The van der Waals surface area contributed by atoms with Gasteiger partial charge in [-0.2, -0.15) is 4.98 Å². The minimum atomic E-state index is -0.411. The molecular weight excluding hydrogens is 400 g/mol. The van der Waals surface area contributed by atoms with Gasteiger partial charge >= 0.3 is 6.03 Å². The number of urea groups is 1. The number of nitrogens with zero attached hydrogens (tertiary/aromatic N) is 2. The molecule has 1 aliphatic rings. The Labute approximate surface area is 179 Å². The van der Waals surface area contributed by atoms with Gasteiger partial charge in [-0.05, 0) is 24.5 Å². The summed E-state index contributed by atoms with van der Waals surface area (Å²) in [6, 6.07) is 10.4. The van der Waals surface area contributed by atoms with E-state index in [1.807, 2.05) is 24.3 Å². The number of aromatic nitrogens is 2. The third-order valence-corrected chi connectivity index (χ3v) is 4.96. The first kappa shape index (κ1) is 20.5. The SMILES string of the molecule is COc1cc(NC(=O)Nc2ccccc2Cc2nc(C3CC3)no2)cc(OC)c1OC. The van der Waals surface area contributed by atoms with Gasteiger partial charge in [-0.1, -0.05) is 23.4 Å². The zero-order valence-electron chi connectivity index (χ0n) is 17.6. The zero-order valence-corrected chi connectivity index (χ0v) is 17.6. The molecule has 0 saturated heterocycles. The summed E-state index contributed by atoms with van der Waals surface area (Å²) in [5, 5.41) is 9.71. The minimum Gasteiger partial charge on any atom is -0.493 e. The Morgan fingerprint density at radius 3 is 2.42 bits per heavy atom. The molecule has 1 aromatic heterocycles. The molecule has 31 heavy (non-hydrogen) atoms. The van der Waals surface area contributed by atoms with Crippen molar-refractivity contribution in [2.75, 3.05) is 32.0 Å². The van der Waals surface area contributed by atoms with Gasteiger partial charge in [-0.25, -0.2) is 4.79 Å². The Hall–Kier alpha value is -3.75. The van der Waals surface area contributed by atoms with E-state index in [9.17, 15) is 4.79 Å². The van der Waals surface area contributed by atoms with Crippen molar-refractivity contribution in [2.45, 2.75) is 25.2 Å². The van der Waals surface area contributed by atoms with Crippen molar-refractivity contribution in [3.63, 3.8) is 0 Å². The van der Waals surface area contributed by atoms with Crippen LogP contribution >= 0.6 is 0 Å². The molecule has 162 valence electrons. The van der Waals surface area contributed by atoms with E-state index in [4.69, 9.17) is 18.7 Å². The second-order valence-corrected chi connectivity index (χ2v) is 7.15. The number of amides is 2. The number of anilines is 2. The quantitative estimate of drug-likeness (QED) is 0.558. The topological polar surface area (TPSA) is 108 Å². The molecule has 9 nitrogen and oxygen atoms in total. The number of ether oxygens (including phenoxy) is 3. The summed E-state index contributed by atoms with van der Waals surface area (Å²) in [5.74, 6) is 3.06. The summed E-state index contributed by atoms with van der Waals surface area (Å²) >= 11 is 0. The number of benzene rings is 2. The number of hydrogen-bond acceptors (Lipinski definition) is 7. The lowest BCUT2D eigenvalue weighted by Crippen LogP contribution is -2.20. The van der Waals surface area contributed by atoms with E-state index in [-0.39, 0.29) is 0 Å². The molecule has 0 atom stereocenters. The normalized spacial score (nSPS) is 12.9. The van der Waals surface area contributed by atoms with Crippen molar-refractivity contribution >= 4 is 17.4 Å². The summed E-state index contributed by atoms with van der Waals surface area (Å²) in [4.78, 5) is 17.1. The van der Waals surface area contributed by atoms with Gasteiger partial charge in [0, 0.05) is 23.7 Å². The van der Waals surface area contributed by atoms with Gasteiger partial charge in [0.15, 0.2) is 17.3 Å². The third-order valence-electron chi connectivity index (χ3n) is 4.96. The van der Waals surface area contributed by atoms with Crippen LogP contribution in [0.2, 0.25) is 0 Å². The highest BCUT2D eigenvalue weighted by Crippen LogP contribution is 2.40. The molecule has 0 aliphatic heterocycles. The lowest BCUT2D eigenvalue weighted by molar-refractivity contribution is 0.262. The van der Waals surface area contributed by atoms with Crippen molar-refractivity contribution in [3.05, 3.63) is 53.7 Å². The maximum atomic E-state index is 12.7. The Morgan fingerprint density at radius 2 is 1.77 bits per heavy atom. The Bertz CT molecular complexity index is 1050. The predicted molar refractivity (Wildman–Crippen MR) is 114 cm³/mol. The molecule has 1 aliphatic carbocycles. The van der Waals surface area contributed by atoms with E-state index < -0.39 is 6.03 Å². The van der Waals surface area contributed by atoms with E-state index in [0.29, 0.717) is 46.9 Å². The lowest BCUT2D eigenvalue weighted by Gasteiger charge is -2.15. The van der Waals surface area contributed by atoms with Crippen LogP contribution in [0.25, 0.3) is 0 Å². The summed E-state index contributed by atoms with van der Waals surface area (Å²) in [6.07, 6.45) is 2.65.